The minimum Gasteiger partial charge on any atom is -0.387 e. The van der Waals surface area contributed by atoms with Gasteiger partial charge in [0.1, 0.15) is 0 Å². The first kappa shape index (κ1) is 15.7. The van der Waals surface area contributed by atoms with E-state index in [4.69, 9.17) is 0 Å². The first-order valence-electron chi connectivity index (χ1n) is 8.10. The van der Waals surface area contributed by atoms with E-state index < -0.39 is 6.10 Å². The zero-order valence-electron chi connectivity index (χ0n) is 13.7. The molecule has 3 aromatic carbocycles. The van der Waals surface area contributed by atoms with Crippen molar-refractivity contribution >= 4 is 10.8 Å². The summed E-state index contributed by atoms with van der Waals surface area (Å²) < 4.78 is 0. The average Bonchev–Trinajstić information content (AvgIpc) is 2.59. The second-order valence-corrected chi connectivity index (χ2v) is 6.16. The molecule has 0 saturated carbocycles. The van der Waals surface area contributed by atoms with E-state index in [2.05, 4.69) is 61.6 Å². The van der Waals surface area contributed by atoms with Crippen molar-refractivity contribution in [3.05, 3.63) is 83.4 Å². The third-order valence-corrected chi connectivity index (χ3v) is 4.35. The van der Waals surface area contributed by atoms with Crippen molar-refractivity contribution in [3.8, 4) is 0 Å². The van der Waals surface area contributed by atoms with Gasteiger partial charge in [-0.05, 0) is 41.8 Å². The molecule has 0 aliphatic carbocycles. The molecular formula is C21H23NO. The minimum absolute atomic E-state index is 0.194. The van der Waals surface area contributed by atoms with E-state index >= 15 is 0 Å². The Balaban J connectivity index is 1.65. The van der Waals surface area contributed by atoms with Crippen LogP contribution in [0.4, 0.5) is 0 Å². The molecule has 0 aliphatic heterocycles. The Labute approximate surface area is 137 Å². The van der Waals surface area contributed by atoms with Gasteiger partial charge in [0.05, 0.1) is 6.10 Å². The highest BCUT2D eigenvalue weighted by molar-refractivity contribution is 5.83. The molecule has 2 unspecified atom stereocenters. The first-order valence-corrected chi connectivity index (χ1v) is 8.10. The van der Waals surface area contributed by atoms with Gasteiger partial charge in [0.15, 0.2) is 0 Å². The maximum absolute atomic E-state index is 10.3. The molecular weight excluding hydrogens is 282 g/mol. The molecule has 0 fully saturated rings. The average molecular weight is 305 g/mol. The van der Waals surface area contributed by atoms with Crippen LogP contribution in [0.5, 0.6) is 0 Å². The zero-order valence-corrected chi connectivity index (χ0v) is 13.7. The lowest BCUT2D eigenvalue weighted by molar-refractivity contribution is 0.171. The standard InChI is InChI=1S/C21H23NO/c1-15-7-9-18(10-8-15)21(23)14-22-16(2)19-12-11-17-5-3-4-6-20(17)13-19/h3-13,16,21-23H,14H2,1-2H3. The van der Waals surface area contributed by atoms with E-state index in [1.165, 1.54) is 21.9 Å². The van der Waals surface area contributed by atoms with Crippen molar-refractivity contribution < 1.29 is 5.11 Å². The summed E-state index contributed by atoms with van der Waals surface area (Å²) in [5, 5.41) is 16.2. The van der Waals surface area contributed by atoms with Crippen molar-refractivity contribution in [2.45, 2.75) is 26.0 Å². The zero-order chi connectivity index (χ0) is 16.2. The van der Waals surface area contributed by atoms with E-state index in [9.17, 15) is 5.11 Å². The molecule has 0 heterocycles. The van der Waals surface area contributed by atoms with Gasteiger partial charge in [0.2, 0.25) is 0 Å². The Morgan fingerprint density at radius 3 is 2.26 bits per heavy atom. The van der Waals surface area contributed by atoms with Crippen molar-refractivity contribution in [2.24, 2.45) is 0 Å². The lowest BCUT2D eigenvalue weighted by Gasteiger charge is -2.18. The molecule has 3 rings (SSSR count). The molecule has 0 radical (unpaired) electrons. The van der Waals surface area contributed by atoms with E-state index in [0.29, 0.717) is 6.54 Å². The molecule has 0 amide bonds. The fraction of sp³-hybridized carbons (Fsp3) is 0.238. The number of aliphatic hydroxyl groups is 1. The summed E-state index contributed by atoms with van der Waals surface area (Å²) in [7, 11) is 0. The maximum Gasteiger partial charge on any atom is 0.0914 e. The second kappa shape index (κ2) is 6.95. The molecule has 2 nitrogen and oxygen atoms in total. The predicted octanol–water partition coefficient (Wildman–Crippen LogP) is 4.53. The fourth-order valence-corrected chi connectivity index (χ4v) is 2.79. The molecule has 118 valence electrons. The highest BCUT2D eigenvalue weighted by Crippen LogP contribution is 2.21. The van der Waals surface area contributed by atoms with Gasteiger partial charge in [0.25, 0.3) is 0 Å². The molecule has 0 spiro atoms. The number of aliphatic hydroxyl groups excluding tert-OH is 1. The second-order valence-electron chi connectivity index (χ2n) is 6.16. The van der Waals surface area contributed by atoms with E-state index in [1.807, 2.05) is 24.3 Å². The number of hydrogen-bond donors (Lipinski definition) is 2. The molecule has 23 heavy (non-hydrogen) atoms. The topological polar surface area (TPSA) is 32.3 Å². The van der Waals surface area contributed by atoms with Crippen LogP contribution in [0.1, 0.15) is 35.8 Å². The summed E-state index contributed by atoms with van der Waals surface area (Å²) in [5.74, 6) is 0. The molecule has 0 aliphatic rings. The SMILES string of the molecule is Cc1ccc(C(O)CNC(C)c2ccc3ccccc3c2)cc1. The Kier molecular flexibility index (Phi) is 4.75. The van der Waals surface area contributed by atoms with Crippen molar-refractivity contribution in [3.63, 3.8) is 0 Å². The Morgan fingerprint density at radius 2 is 1.52 bits per heavy atom. The van der Waals surface area contributed by atoms with Crippen LogP contribution in [0.3, 0.4) is 0 Å². The van der Waals surface area contributed by atoms with Gasteiger partial charge in [-0.2, -0.15) is 0 Å². The smallest absolute Gasteiger partial charge is 0.0914 e. The molecule has 2 atom stereocenters. The molecule has 2 N–H and O–H groups in total. The van der Waals surface area contributed by atoms with E-state index in [1.54, 1.807) is 0 Å². The lowest BCUT2D eigenvalue weighted by atomic mass is 10.0. The molecule has 0 aromatic heterocycles. The maximum atomic E-state index is 10.3. The highest BCUT2D eigenvalue weighted by Gasteiger charge is 2.11. The van der Waals surface area contributed by atoms with Crippen LogP contribution in [0, 0.1) is 6.92 Å². The molecule has 0 bridgehead atoms. The minimum atomic E-state index is -0.487. The summed E-state index contributed by atoms with van der Waals surface area (Å²) >= 11 is 0. The van der Waals surface area contributed by atoms with Crippen LogP contribution in [0.15, 0.2) is 66.7 Å². The van der Waals surface area contributed by atoms with Crippen LogP contribution >= 0.6 is 0 Å². The Morgan fingerprint density at radius 1 is 0.870 bits per heavy atom. The van der Waals surface area contributed by atoms with Crippen molar-refractivity contribution in [1.29, 1.82) is 0 Å². The third-order valence-electron chi connectivity index (χ3n) is 4.35. The summed E-state index contributed by atoms with van der Waals surface area (Å²) in [5.41, 5.74) is 3.40. The van der Waals surface area contributed by atoms with Crippen molar-refractivity contribution in [2.75, 3.05) is 6.54 Å². The number of rotatable bonds is 5. The van der Waals surface area contributed by atoms with Crippen molar-refractivity contribution in [1.82, 2.24) is 5.32 Å². The van der Waals surface area contributed by atoms with Crippen LogP contribution < -0.4 is 5.32 Å². The predicted molar refractivity (Wildman–Crippen MR) is 96.5 cm³/mol. The largest absolute Gasteiger partial charge is 0.387 e. The van der Waals surface area contributed by atoms with Gasteiger partial charge in [0, 0.05) is 12.6 Å². The number of aryl methyl sites for hydroxylation is 1. The van der Waals surface area contributed by atoms with Gasteiger partial charge in [-0.3, -0.25) is 0 Å². The van der Waals surface area contributed by atoms with Crippen LogP contribution in [0.2, 0.25) is 0 Å². The van der Waals surface area contributed by atoms with Crippen LogP contribution in [0.25, 0.3) is 10.8 Å². The number of nitrogens with one attached hydrogen (secondary N) is 1. The van der Waals surface area contributed by atoms with Crippen LogP contribution in [-0.2, 0) is 0 Å². The lowest BCUT2D eigenvalue weighted by Crippen LogP contribution is -2.24. The monoisotopic (exact) mass is 305 g/mol. The quantitative estimate of drug-likeness (QED) is 0.725. The summed E-state index contributed by atoms with van der Waals surface area (Å²) in [6.07, 6.45) is -0.487. The van der Waals surface area contributed by atoms with Gasteiger partial charge >= 0.3 is 0 Å². The first-order chi connectivity index (χ1) is 11.1. The molecule has 3 aromatic rings. The Hall–Kier alpha value is -2.16. The van der Waals surface area contributed by atoms with E-state index in [-0.39, 0.29) is 6.04 Å². The summed E-state index contributed by atoms with van der Waals surface area (Å²) in [6, 6.07) is 23.1. The number of fused-ring (bicyclic) bond motifs is 1. The summed E-state index contributed by atoms with van der Waals surface area (Å²) in [6.45, 7) is 4.72. The fourth-order valence-electron chi connectivity index (χ4n) is 2.79. The van der Waals surface area contributed by atoms with E-state index in [0.717, 1.165) is 5.56 Å². The number of hydrogen-bond acceptors (Lipinski definition) is 2. The number of benzene rings is 3. The highest BCUT2D eigenvalue weighted by atomic mass is 16.3. The van der Waals surface area contributed by atoms with Gasteiger partial charge < -0.3 is 10.4 Å². The van der Waals surface area contributed by atoms with Gasteiger partial charge in [-0.1, -0.05) is 66.2 Å². The molecule has 2 heteroatoms. The molecule has 0 saturated heterocycles. The summed E-state index contributed by atoms with van der Waals surface area (Å²) in [4.78, 5) is 0. The van der Waals surface area contributed by atoms with Gasteiger partial charge in [-0.15, -0.1) is 0 Å². The van der Waals surface area contributed by atoms with Crippen LogP contribution in [-0.4, -0.2) is 11.7 Å². The Bertz CT molecular complexity index is 779. The third kappa shape index (κ3) is 3.79. The normalized spacial score (nSPS) is 13.9. The van der Waals surface area contributed by atoms with Gasteiger partial charge in [-0.25, -0.2) is 0 Å².